The Bertz CT molecular complexity index is 1360. The van der Waals surface area contributed by atoms with E-state index in [1.54, 1.807) is 12.1 Å². The third-order valence-corrected chi connectivity index (χ3v) is 8.89. The van der Waals surface area contributed by atoms with Crippen molar-refractivity contribution in [1.29, 1.82) is 0 Å². The van der Waals surface area contributed by atoms with Crippen LogP contribution in [0.4, 0.5) is 0 Å². The molecule has 11 heteroatoms. The molecule has 10 nitrogen and oxygen atoms in total. The van der Waals surface area contributed by atoms with Gasteiger partial charge in [-0.3, -0.25) is 19.2 Å². The van der Waals surface area contributed by atoms with Crippen molar-refractivity contribution in [1.82, 2.24) is 5.32 Å². The number of hydrogen-bond acceptors (Lipinski definition) is 9. The van der Waals surface area contributed by atoms with Gasteiger partial charge in [0.05, 0.1) is 0 Å². The SMILES string of the molecule is CC(=O)N[C@H]1[C@H](Oc2ccc(P(c3ccccc3)c3ccccc3)cc2)O[C@H](COC(C)=O)[C@@H](OC(C)=O)[C@@H]1OC(C)=O. The van der Waals surface area contributed by atoms with Gasteiger partial charge in [-0.25, -0.2) is 0 Å². The van der Waals surface area contributed by atoms with Crippen molar-refractivity contribution in [2.24, 2.45) is 0 Å². The standard InChI is InChI=1S/C32H34NO9P/c1-20(34)33-29-31(40-23(4)37)30(39-22(3)36)28(19-38-21(2)35)42-32(29)41-24-15-17-27(18-16-24)43(25-11-7-5-8-12-25)26-13-9-6-10-14-26/h5-18,28-32H,19H2,1-4H3,(H,33,34)/t28-,29-,30-,31-,32-/m1/s1. The van der Waals surface area contributed by atoms with Gasteiger partial charge in [0.2, 0.25) is 12.2 Å². The smallest absolute Gasteiger partial charge is 0.303 e. The summed E-state index contributed by atoms with van der Waals surface area (Å²) >= 11 is 0. The molecule has 1 fully saturated rings. The Kier molecular flexibility index (Phi) is 10.9. The zero-order valence-electron chi connectivity index (χ0n) is 24.3. The van der Waals surface area contributed by atoms with Crippen LogP contribution >= 0.6 is 7.92 Å². The highest BCUT2D eigenvalue weighted by Gasteiger charge is 2.52. The number of amides is 1. The van der Waals surface area contributed by atoms with Gasteiger partial charge in [0.15, 0.2) is 12.2 Å². The van der Waals surface area contributed by atoms with Crippen molar-refractivity contribution < 1.29 is 42.9 Å². The van der Waals surface area contributed by atoms with Gasteiger partial charge in [-0.05, 0) is 36.0 Å². The Labute approximate surface area is 251 Å². The fourth-order valence-corrected chi connectivity index (χ4v) is 7.08. The molecule has 1 aliphatic rings. The van der Waals surface area contributed by atoms with E-state index < -0.39 is 62.4 Å². The lowest BCUT2D eigenvalue weighted by Crippen LogP contribution is -2.67. The van der Waals surface area contributed by atoms with Crippen molar-refractivity contribution in [2.75, 3.05) is 6.61 Å². The quantitative estimate of drug-likeness (QED) is 0.210. The van der Waals surface area contributed by atoms with Crippen LogP contribution < -0.4 is 26.0 Å². The summed E-state index contributed by atoms with van der Waals surface area (Å²) < 4.78 is 28.5. The summed E-state index contributed by atoms with van der Waals surface area (Å²) in [6.45, 7) is 4.58. The fourth-order valence-electron chi connectivity index (χ4n) is 4.80. The monoisotopic (exact) mass is 607 g/mol. The number of rotatable bonds is 10. The average molecular weight is 608 g/mol. The van der Waals surface area contributed by atoms with Gasteiger partial charge in [-0.2, -0.15) is 0 Å². The molecule has 0 aliphatic carbocycles. The largest absolute Gasteiger partial charge is 0.463 e. The average Bonchev–Trinajstić information content (AvgIpc) is 2.96. The molecule has 1 aliphatic heterocycles. The molecule has 3 aromatic carbocycles. The van der Waals surface area contributed by atoms with E-state index in [0.29, 0.717) is 5.75 Å². The van der Waals surface area contributed by atoms with E-state index >= 15 is 0 Å². The molecule has 0 saturated carbocycles. The van der Waals surface area contributed by atoms with Crippen LogP contribution in [0.5, 0.6) is 5.75 Å². The van der Waals surface area contributed by atoms with Gasteiger partial charge < -0.3 is 29.0 Å². The van der Waals surface area contributed by atoms with Crippen molar-refractivity contribution in [3.05, 3.63) is 84.9 Å². The van der Waals surface area contributed by atoms with E-state index in [4.69, 9.17) is 23.7 Å². The van der Waals surface area contributed by atoms with E-state index in [1.807, 2.05) is 48.5 Å². The molecule has 5 atom stereocenters. The Hall–Kier alpha value is -4.27. The van der Waals surface area contributed by atoms with E-state index in [2.05, 4.69) is 29.6 Å². The predicted octanol–water partition coefficient (Wildman–Crippen LogP) is 2.48. The van der Waals surface area contributed by atoms with Crippen LogP contribution in [0.15, 0.2) is 84.9 Å². The third-order valence-electron chi connectivity index (χ3n) is 6.45. The van der Waals surface area contributed by atoms with E-state index in [-0.39, 0.29) is 6.61 Å². The number of esters is 3. The highest BCUT2D eigenvalue weighted by Crippen LogP contribution is 2.34. The predicted molar refractivity (Wildman–Crippen MR) is 160 cm³/mol. The lowest BCUT2D eigenvalue weighted by molar-refractivity contribution is -0.257. The molecule has 4 rings (SSSR count). The minimum Gasteiger partial charge on any atom is -0.463 e. The summed E-state index contributed by atoms with van der Waals surface area (Å²) in [7, 11) is -0.847. The summed E-state index contributed by atoms with van der Waals surface area (Å²) in [5.74, 6) is -1.98. The summed E-state index contributed by atoms with van der Waals surface area (Å²) in [6, 6.07) is 26.9. The highest BCUT2D eigenvalue weighted by molar-refractivity contribution is 7.79. The summed E-state index contributed by atoms with van der Waals surface area (Å²) in [6.07, 6.45) is -4.65. The van der Waals surface area contributed by atoms with Gasteiger partial charge >= 0.3 is 17.9 Å². The van der Waals surface area contributed by atoms with Crippen LogP contribution in [0.3, 0.4) is 0 Å². The fraction of sp³-hybridized carbons (Fsp3) is 0.312. The van der Waals surface area contributed by atoms with Crippen LogP contribution in [-0.2, 0) is 38.1 Å². The van der Waals surface area contributed by atoms with E-state index in [9.17, 15) is 19.2 Å². The lowest BCUT2D eigenvalue weighted by Gasteiger charge is -2.44. The molecule has 43 heavy (non-hydrogen) atoms. The summed E-state index contributed by atoms with van der Waals surface area (Å²) in [5, 5.41) is 6.17. The Balaban J connectivity index is 1.66. The van der Waals surface area contributed by atoms with Crippen molar-refractivity contribution in [3.8, 4) is 5.75 Å². The number of carbonyl (C=O) groups is 4. The molecule has 1 saturated heterocycles. The maximum atomic E-state index is 12.2. The summed E-state index contributed by atoms with van der Waals surface area (Å²) in [4.78, 5) is 47.9. The number of ether oxygens (including phenoxy) is 5. The first-order chi connectivity index (χ1) is 20.6. The lowest BCUT2D eigenvalue weighted by atomic mass is 9.96. The maximum absolute atomic E-state index is 12.2. The van der Waals surface area contributed by atoms with Crippen molar-refractivity contribution in [2.45, 2.75) is 58.3 Å². The minimum atomic E-state index is -1.20. The normalized spacial score (nSPS) is 21.4. The molecule has 0 spiro atoms. The molecule has 226 valence electrons. The van der Waals surface area contributed by atoms with Gasteiger partial charge in [0.1, 0.15) is 24.5 Å². The summed E-state index contributed by atoms with van der Waals surface area (Å²) in [5.41, 5.74) is 0. The molecule has 1 N–H and O–H groups in total. The second-order valence-corrected chi connectivity index (χ2v) is 12.1. The van der Waals surface area contributed by atoms with Gasteiger partial charge in [0.25, 0.3) is 0 Å². The number of nitrogens with one attached hydrogen (secondary N) is 1. The number of carbonyl (C=O) groups excluding carboxylic acids is 4. The van der Waals surface area contributed by atoms with Crippen molar-refractivity contribution >= 4 is 47.7 Å². The topological polar surface area (TPSA) is 126 Å². The van der Waals surface area contributed by atoms with E-state index in [1.165, 1.54) is 38.3 Å². The van der Waals surface area contributed by atoms with Crippen LogP contribution in [0.2, 0.25) is 0 Å². The van der Waals surface area contributed by atoms with Gasteiger partial charge in [-0.15, -0.1) is 0 Å². The maximum Gasteiger partial charge on any atom is 0.303 e. The molecule has 1 heterocycles. The molecule has 0 radical (unpaired) electrons. The first-order valence-electron chi connectivity index (χ1n) is 13.7. The van der Waals surface area contributed by atoms with Crippen LogP contribution in [0.25, 0.3) is 0 Å². The molecule has 3 aromatic rings. The zero-order chi connectivity index (χ0) is 30.9. The number of benzene rings is 3. The van der Waals surface area contributed by atoms with Crippen LogP contribution in [0, 0.1) is 0 Å². The Morgan fingerprint density at radius 3 is 1.70 bits per heavy atom. The zero-order valence-corrected chi connectivity index (χ0v) is 25.2. The van der Waals surface area contributed by atoms with Crippen LogP contribution in [-0.4, -0.2) is 61.1 Å². The molecule has 1 amide bonds. The first kappa shape index (κ1) is 31.7. The molecule has 0 bridgehead atoms. The second kappa shape index (κ2) is 14.8. The Morgan fingerprint density at radius 1 is 0.698 bits per heavy atom. The molecule has 0 aromatic heterocycles. The minimum absolute atomic E-state index is 0.310. The molecule has 0 unspecified atom stereocenters. The van der Waals surface area contributed by atoms with Crippen molar-refractivity contribution in [3.63, 3.8) is 0 Å². The van der Waals surface area contributed by atoms with Crippen LogP contribution in [0.1, 0.15) is 27.7 Å². The van der Waals surface area contributed by atoms with Gasteiger partial charge in [0, 0.05) is 27.7 Å². The first-order valence-corrected chi connectivity index (χ1v) is 15.0. The number of hydrogen-bond donors (Lipinski definition) is 1. The second-order valence-electron chi connectivity index (χ2n) is 9.84. The Morgan fingerprint density at radius 2 is 1.21 bits per heavy atom. The molecular formula is C32H34NO9P. The third kappa shape index (κ3) is 8.63. The van der Waals surface area contributed by atoms with E-state index in [0.717, 1.165) is 5.30 Å². The molecular weight excluding hydrogens is 573 g/mol. The van der Waals surface area contributed by atoms with Gasteiger partial charge in [-0.1, -0.05) is 72.8 Å². The highest BCUT2D eigenvalue weighted by atomic mass is 31.1.